The highest BCUT2D eigenvalue weighted by atomic mass is 32.2. The minimum Gasteiger partial charge on any atom is -0.508 e. The standard InChI is InChI=1S/C11H16N2O4S/c12-18(16,17)7-1-6-13-11(15)8-9-2-4-10(14)5-3-9/h2-5,14H,1,6-8H2,(H,13,15)(H2,12,16,17). The van der Waals surface area contributed by atoms with E-state index < -0.39 is 10.0 Å². The minimum absolute atomic E-state index is 0.146. The van der Waals surface area contributed by atoms with Crippen molar-refractivity contribution in [3.63, 3.8) is 0 Å². The zero-order valence-corrected chi connectivity index (χ0v) is 10.6. The normalized spacial score (nSPS) is 11.2. The van der Waals surface area contributed by atoms with Gasteiger partial charge in [-0.15, -0.1) is 0 Å². The summed E-state index contributed by atoms with van der Waals surface area (Å²) in [6, 6.07) is 6.31. The number of sulfonamides is 1. The van der Waals surface area contributed by atoms with Crippen LogP contribution in [0.3, 0.4) is 0 Å². The van der Waals surface area contributed by atoms with E-state index in [0.717, 1.165) is 5.56 Å². The molecule has 0 radical (unpaired) electrons. The van der Waals surface area contributed by atoms with Gasteiger partial charge in [-0.25, -0.2) is 13.6 Å². The number of carbonyl (C=O) groups excluding carboxylic acids is 1. The Hall–Kier alpha value is -1.60. The minimum atomic E-state index is -3.46. The van der Waals surface area contributed by atoms with Gasteiger partial charge in [0.1, 0.15) is 5.75 Å². The van der Waals surface area contributed by atoms with Gasteiger partial charge in [-0.05, 0) is 24.1 Å². The van der Waals surface area contributed by atoms with E-state index in [1.54, 1.807) is 12.1 Å². The Morgan fingerprint density at radius 2 is 1.89 bits per heavy atom. The first kappa shape index (κ1) is 14.5. The number of primary sulfonamides is 1. The molecule has 1 rings (SSSR count). The molecule has 0 saturated carbocycles. The molecular weight excluding hydrogens is 256 g/mol. The average molecular weight is 272 g/mol. The fraction of sp³-hybridized carbons (Fsp3) is 0.364. The Kier molecular flexibility index (Phi) is 5.11. The Morgan fingerprint density at radius 3 is 2.44 bits per heavy atom. The Bertz CT molecular complexity index is 496. The highest BCUT2D eigenvalue weighted by Crippen LogP contribution is 2.09. The lowest BCUT2D eigenvalue weighted by molar-refractivity contribution is -0.120. The SMILES string of the molecule is NS(=O)(=O)CCCNC(=O)Cc1ccc(O)cc1. The van der Waals surface area contributed by atoms with Crippen LogP contribution < -0.4 is 10.5 Å². The van der Waals surface area contributed by atoms with Gasteiger partial charge in [0.2, 0.25) is 15.9 Å². The monoisotopic (exact) mass is 272 g/mol. The highest BCUT2D eigenvalue weighted by molar-refractivity contribution is 7.89. The van der Waals surface area contributed by atoms with E-state index in [1.807, 2.05) is 0 Å². The Balaban J connectivity index is 2.28. The third-order valence-electron chi connectivity index (χ3n) is 2.23. The molecule has 0 aliphatic heterocycles. The molecule has 4 N–H and O–H groups in total. The summed E-state index contributed by atoms with van der Waals surface area (Å²) < 4.78 is 21.3. The van der Waals surface area contributed by atoms with Gasteiger partial charge in [0.25, 0.3) is 0 Å². The molecule has 0 unspecified atom stereocenters. The second kappa shape index (κ2) is 6.36. The van der Waals surface area contributed by atoms with Gasteiger partial charge in [0, 0.05) is 6.54 Å². The summed E-state index contributed by atoms with van der Waals surface area (Å²) in [5.41, 5.74) is 0.775. The molecule has 1 amide bonds. The fourth-order valence-electron chi connectivity index (χ4n) is 1.36. The van der Waals surface area contributed by atoms with Crippen LogP contribution in [-0.2, 0) is 21.2 Å². The van der Waals surface area contributed by atoms with Crippen molar-refractivity contribution < 1.29 is 18.3 Å². The van der Waals surface area contributed by atoms with E-state index >= 15 is 0 Å². The molecule has 0 aliphatic rings. The van der Waals surface area contributed by atoms with Crippen molar-refractivity contribution in [3.05, 3.63) is 29.8 Å². The summed E-state index contributed by atoms with van der Waals surface area (Å²) >= 11 is 0. The third-order valence-corrected chi connectivity index (χ3v) is 3.09. The lowest BCUT2D eigenvalue weighted by Crippen LogP contribution is -2.28. The van der Waals surface area contributed by atoms with Crippen LogP contribution in [0, 0.1) is 0 Å². The summed E-state index contributed by atoms with van der Waals surface area (Å²) in [5.74, 6) is -0.200. The molecule has 18 heavy (non-hydrogen) atoms. The first-order valence-electron chi connectivity index (χ1n) is 5.42. The molecule has 7 heteroatoms. The molecule has 6 nitrogen and oxygen atoms in total. The summed E-state index contributed by atoms with van der Waals surface area (Å²) in [7, 11) is -3.46. The molecule has 100 valence electrons. The average Bonchev–Trinajstić information content (AvgIpc) is 2.26. The number of aromatic hydroxyl groups is 1. The van der Waals surface area contributed by atoms with Crippen molar-refractivity contribution in [2.75, 3.05) is 12.3 Å². The molecule has 0 fully saturated rings. The van der Waals surface area contributed by atoms with Gasteiger partial charge < -0.3 is 10.4 Å². The van der Waals surface area contributed by atoms with Gasteiger partial charge in [-0.1, -0.05) is 12.1 Å². The van der Waals surface area contributed by atoms with Gasteiger partial charge in [-0.3, -0.25) is 4.79 Å². The molecule has 0 bridgehead atoms. The largest absolute Gasteiger partial charge is 0.508 e. The first-order chi connectivity index (χ1) is 8.37. The number of phenolic OH excluding ortho intramolecular Hbond substituents is 1. The van der Waals surface area contributed by atoms with Gasteiger partial charge in [0.05, 0.1) is 12.2 Å². The van der Waals surface area contributed by atoms with Crippen molar-refractivity contribution in [1.29, 1.82) is 0 Å². The van der Waals surface area contributed by atoms with Crippen molar-refractivity contribution in [1.82, 2.24) is 5.32 Å². The summed E-state index contributed by atoms with van der Waals surface area (Å²) in [6.07, 6.45) is 0.482. The maximum absolute atomic E-state index is 11.5. The van der Waals surface area contributed by atoms with Crippen LogP contribution in [0.15, 0.2) is 24.3 Å². The first-order valence-corrected chi connectivity index (χ1v) is 7.13. The zero-order chi connectivity index (χ0) is 13.6. The molecule has 0 aromatic heterocycles. The molecule has 0 aliphatic carbocycles. The van der Waals surface area contributed by atoms with Crippen molar-refractivity contribution in [2.45, 2.75) is 12.8 Å². The smallest absolute Gasteiger partial charge is 0.224 e. The lowest BCUT2D eigenvalue weighted by Gasteiger charge is -2.05. The van der Waals surface area contributed by atoms with Crippen LogP contribution in [0.1, 0.15) is 12.0 Å². The number of nitrogens with two attached hydrogens (primary N) is 1. The fourth-order valence-corrected chi connectivity index (χ4v) is 1.91. The van der Waals surface area contributed by atoms with Crippen LogP contribution in [0.2, 0.25) is 0 Å². The number of nitrogens with one attached hydrogen (secondary N) is 1. The Labute approximate surface area is 106 Å². The topological polar surface area (TPSA) is 109 Å². The van der Waals surface area contributed by atoms with E-state index in [1.165, 1.54) is 12.1 Å². The molecule has 1 aromatic rings. The van der Waals surface area contributed by atoms with E-state index in [4.69, 9.17) is 10.2 Å². The van der Waals surface area contributed by atoms with Gasteiger partial charge >= 0.3 is 0 Å². The van der Waals surface area contributed by atoms with Gasteiger partial charge in [0.15, 0.2) is 0 Å². The van der Waals surface area contributed by atoms with Crippen LogP contribution in [0.5, 0.6) is 5.75 Å². The van der Waals surface area contributed by atoms with E-state index in [2.05, 4.69) is 5.32 Å². The molecular formula is C11H16N2O4S. The zero-order valence-electron chi connectivity index (χ0n) is 9.80. The molecule has 0 heterocycles. The summed E-state index contributed by atoms with van der Waals surface area (Å²) in [4.78, 5) is 11.5. The van der Waals surface area contributed by atoms with Crippen LogP contribution >= 0.6 is 0 Å². The number of carbonyl (C=O) groups is 1. The lowest BCUT2D eigenvalue weighted by atomic mass is 10.1. The van der Waals surface area contributed by atoms with Crippen molar-refractivity contribution >= 4 is 15.9 Å². The van der Waals surface area contributed by atoms with Crippen LogP contribution in [-0.4, -0.2) is 31.7 Å². The third kappa shape index (κ3) is 6.21. The Morgan fingerprint density at radius 1 is 1.28 bits per heavy atom. The van der Waals surface area contributed by atoms with Crippen molar-refractivity contribution in [2.24, 2.45) is 5.14 Å². The number of hydrogen-bond donors (Lipinski definition) is 3. The predicted octanol–water partition coefficient (Wildman–Crippen LogP) is -0.270. The quantitative estimate of drug-likeness (QED) is 0.619. The number of rotatable bonds is 6. The predicted molar refractivity (Wildman–Crippen MR) is 67.4 cm³/mol. The highest BCUT2D eigenvalue weighted by Gasteiger charge is 2.05. The molecule has 0 spiro atoms. The number of hydrogen-bond acceptors (Lipinski definition) is 4. The maximum Gasteiger partial charge on any atom is 0.224 e. The summed E-state index contributed by atoms with van der Waals surface area (Å²) in [6.45, 7) is 0.271. The van der Waals surface area contributed by atoms with Crippen LogP contribution in [0.25, 0.3) is 0 Å². The second-order valence-corrected chi connectivity index (χ2v) is 5.65. The number of benzene rings is 1. The van der Waals surface area contributed by atoms with Crippen molar-refractivity contribution in [3.8, 4) is 5.75 Å². The molecule has 0 atom stereocenters. The number of amides is 1. The van der Waals surface area contributed by atoms with E-state index in [9.17, 15) is 13.2 Å². The maximum atomic E-state index is 11.5. The van der Waals surface area contributed by atoms with Gasteiger partial charge in [-0.2, -0.15) is 0 Å². The molecule has 1 aromatic carbocycles. The van der Waals surface area contributed by atoms with Crippen LogP contribution in [0.4, 0.5) is 0 Å². The van der Waals surface area contributed by atoms with E-state index in [0.29, 0.717) is 6.42 Å². The summed E-state index contributed by atoms with van der Waals surface area (Å²) in [5, 5.41) is 16.5. The molecule has 0 saturated heterocycles. The number of phenols is 1. The van der Waals surface area contributed by atoms with E-state index in [-0.39, 0.29) is 30.4 Å². The second-order valence-electron chi connectivity index (χ2n) is 3.91.